The molecule has 2 N–H and O–H groups in total. The summed E-state index contributed by atoms with van der Waals surface area (Å²) in [5.41, 5.74) is 0.316. The van der Waals surface area contributed by atoms with Crippen molar-refractivity contribution in [3.8, 4) is 0 Å². The van der Waals surface area contributed by atoms with Crippen LogP contribution in [-0.2, 0) is 4.79 Å². The lowest BCUT2D eigenvalue weighted by atomic mass is 9.96. The molecule has 1 saturated heterocycles. The lowest BCUT2D eigenvalue weighted by Crippen LogP contribution is -2.42. The Labute approximate surface area is 154 Å². The standard InChI is InChI=1S/C18H20F3N5O/c19-13-3-1-2-4-14(13)24-16-5-8-22-18(25-16)26-9-6-12(7-10-26)17(27)23-11-15(20)21/h1-5,8,12,15H,6-7,9-11H2,(H,23,27)(H,22,24,25). The van der Waals surface area contributed by atoms with E-state index in [0.717, 1.165) is 0 Å². The van der Waals surface area contributed by atoms with Crippen molar-refractivity contribution in [2.75, 3.05) is 29.9 Å². The van der Waals surface area contributed by atoms with Gasteiger partial charge in [-0.05, 0) is 31.0 Å². The predicted molar refractivity (Wildman–Crippen MR) is 95.7 cm³/mol. The van der Waals surface area contributed by atoms with Crippen LogP contribution in [-0.4, -0.2) is 41.9 Å². The fraction of sp³-hybridized carbons (Fsp3) is 0.389. The van der Waals surface area contributed by atoms with Gasteiger partial charge in [0.15, 0.2) is 0 Å². The number of hydrogen-bond acceptors (Lipinski definition) is 5. The summed E-state index contributed by atoms with van der Waals surface area (Å²) in [5, 5.41) is 5.18. The number of piperidine rings is 1. The third-order valence-corrected chi connectivity index (χ3v) is 4.36. The smallest absolute Gasteiger partial charge is 0.255 e. The number of carbonyl (C=O) groups is 1. The molecule has 2 aromatic rings. The summed E-state index contributed by atoms with van der Waals surface area (Å²) >= 11 is 0. The number of para-hydroxylation sites is 1. The van der Waals surface area contributed by atoms with Crippen LogP contribution in [0.4, 0.5) is 30.6 Å². The molecule has 1 amide bonds. The number of rotatable bonds is 6. The van der Waals surface area contributed by atoms with Crippen LogP contribution in [0.2, 0.25) is 0 Å². The van der Waals surface area contributed by atoms with Gasteiger partial charge in [0.05, 0.1) is 12.2 Å². The summed E-state index contributed by atoms with van der Waals surface area (Å²) in [6.45, 7) is 0.456. The average Bonchev–Trinajstić information content (AvgIpc) is 2.68. The van der Waals surface area contributed by atoms with E-state index in [9.17, 15) is 18.0 Å². The Balaban J connectivity index is 1.58. The maximum Gasteiger partial charge on any atom is 0.255 e. The zero-order valence-corrected chi connectivity index (χ0v) is 14.5. The summed E-state index contributed by atoms with van der Waals surface area (Å²) in [6, 6.07) is 7.93. The topological polar surface area (TPSA) is 70.2 Å². The van der Waals surface area contributed by atoms with Crippen LogP contribution in [0.3, 0.4) is 0 Å². The second-order valence-electron chi connectivity index (χ2n) is 6.24. The van der Waals surface area contributed by atoms with Gasteiger partial charge >= 0.3 is 0 Å². The van der Waals surface area contributed by atoms with Crippen LogP contribution in [0.5, 0.6) is 0 Å². The molecule has 0 bridgehead atoms. The van der Waals surface area contributed by atoms with Crippen molar-refractivity contribution < 1.29 is 18.0 Å². The Bertz CT molecular complexity index is 781. The molecule has 1 aromatic heterocycles. The van der Waals surface area contributed by atoms with Crippen LogP contribution in [0.15, 0.2) is 36.5 Å². The third-order valence-electron chi connectivity index (χ3n) is 4.36. The molecule has 1 aliphatic heterocycles. The maximum absolute atomic E-state index is 13.8. The highest BCUT2D eigenvalue weighted by Crippen LogP contribution is 2.23. The highest BCUT2D eigenvalue weighted by molar-refractivity contribution is 5.79. The van der Waals surface area contributed by atoms with Gasteiger partial charge in [0.1, 0.15) is 11.6 Å². The minimum atomic E-state index is -2.55. The van der Waals surface area contributed by atoms with Gasteiger partial charge in [-0.2, -0.15) is 4.98 Å². The minimum absolute atomic E-state index is 0.292. The molecule has 0 unspecified atom stereocenters. The molecule has 1 fully saturated rings. The maximum atomic E-state index is 13.8. The number of benzene rings is 1. The van der Waals surface area contributed by atoms with Gasteiger partial charge in [0, 0.05) is 25.2 Å². The van der Waals surface area contributed by atoms with E-state index in [4.69, 9.17) is 0 Å². The molecule has 0 saturated carbocycles. The molecular formula is C18H20F3N5O. The largest absolute Gasteiger partial charge is 0.350 e. The van der Waals surface area contributed by atoms with Crippen LogP contribution in [0.1, 0.15) is 12.8 Å². The number of alkyl halides is 2. The van der Waals surface area contributed by atoms with E-state index in [0.29, 0.717) is 43.4 Å². The summed E-state index contributed by atoms with van der Waals surface area (Å²) in [4.78, 5) is 22.5. The second-order valence-corrected chi connectivity index (χ2v) is 6.24. The quantitative estimate of drug-likeness (QED) is 0.808. The molecule has 0 aliphatic carbocycles. The van der Waals surface area contributed by atoms with Crippen molar-refractivity contribution >= 4 is 23.4 Å². The van der Waals surface area contributed by atoms with Crippen LogP contribution in [0.25, 0.3) is 0 Å². The number of amides is 1. The van der Waals surface area contributed by atoms with Gasteiger partial charge in [-0.25, -0.2) is 18.2 Å². The van der Waals surface area contributed by atoms with Gasteiger partial charge in [-0.3, -0.25) is 4.79 Å². The van der Waals surface area contributed by atoms with Gasteiger partial charge < -0.3 is 15.5 Å². The van der Waals surface area contributed by atoms with Gasteiger partial charge in [-0.1, -0.05) is 12.1 Å². The highest BCUT2D eigenvalue weighted by atomic mass is 19.3. The van der Waals surface area contributed by atoms with Crippen molar-refractivity contribution in [3.05, 3.63) is 42.3 Å². The first-order valence-electron chi connectivity index (χ1n) is 8.68. The first kappa shape index (κ1) is 18.9. The fourth-order valence-electron chi connectivity index (χ4n) is 2.93. The summed E-state index contributed by atoms with van der Waals surface area (Å²) in [5.74, 6) is -0.0801. The minimum Gasteiger partial charge on any atom is -0.350 e. The van der Waals surface area contributed by atoms with Gasteiger partial charge in [0.25, 0.3) is 6.43 Å². The van der Waals surface area contributed by atoms with E-state index in [1.165, 1.54) is 6.07 Å². The van der Waals surface area contributed by atoms with Gasteiger partial charge in [-0.15, -0.1) is 0 Å². The fourth-order valence-corrected chi connectivity index (χ4v) is 2.93. The Morgan fingerprint density at radius 2 is 1.96 bits per heavy atom. The number of anilines is 3. The highest BCUT2D eigenvalue weighted by Gasteiger charge is 2.26. The lowest BCUT2D eigenvalue weighted by Gasteiger charge is -2.31. The molecule has 0 atom stereocenters. The van der Waals surface area contributed by atoms with Crippen molar-refractivity contribution in [3.63, 3.8) is 0 Å². The number of nitrogens with one attached hydrogen (secondary N) is 2. The lowest BCUT2D eigenvalue weighted by molar-refractivity contribution is -0.126. The van der Waals surface area contributed by atoms with E-state index in [1.807, 2.05) is 4.90 Å². The van der Waals surface area contributed by atoms with Crippen molar-refractivity contribution in [2.45, 2.75) is 19.3 Å². The van der Waals surface area contributed by atoms with Crippen molar-refractivity contribution in [2.24, 2.45) is 5.92 Å². The molecule has 9 heteroatoms. The van der Waals surface area contributed by atoms with Crippen molar-refractivity contribution in [1.29, 1.82) is 0 Å². The van der Waals surface area contributed by atoms with E-state index in [1.54, 1.807) is 30.5 Å². The number of aromatic nitrogens is 2. The molecule has 2 heterocycles. The summed E-state index contributed by atoms with van der Waals surface area (Å²) < 4.78 is 38.2. The predicted octanol–water partition coefficient (Wildman–Crippen LogP) is 2.96. The molecule has 144 valence electrons. The number of halogens is 3. The first-order chi connectivity index (χ1) is 13.0. The molecule has 1 aromatic carbocycles. The molecule has 0 spiro atoms. The van der Waals surface area contributed by atoms with Crippen molar-refractivity contribution in [1.82, 2.24) is 15.3 Å². The van der Waals surface area contributed by atoms with Crippen LogP contribution >= 0.6 is 0 Å². The number of nitrogens with zero attached hydrogens (tertiary/aromatic N) is 3. The molecule has 0 radical (unpaired) electrons. The molecule has 3 rings (SSSR count). The molecule has 6 nitrogen and oxygen atoms in total. The zero-order valence-electron chi connectivity index (χ0n) is 14.5. The molecule has 1 aliphatic rings. The SMILES string of the molecule is O=C(NCC(F)F)C1CCN(c2nccc(Nc3ccccc3F)n2)CC1. The Hall–Kier alpha value is -2.84. The number of hydrogen-bond donors (Lipinski definition) is 2. The van der Waals surface area contributed by atoms with E-state index < -0.39 is 13.0 Å². The van der Waals surface area contributed by atoms with E-state index in [-0.39, 0.29) is 17.6 Å². The van der Waals surface area contributed by atoms with E-state index >= 15 is 0 Å². The normalized spacial score (nSPS) is 15.0. The third kappa shape index (κ3) is 5.08. The Kier molecular flexibility index (Phi) is 6.10. The Morgan fingerprint density at radius 1 is 1.22 bits per heavy atom. The summed E-state index contributed by atoms with van der Waals surface area (Å²) in [6.07, 6.45) is 0.0897. The van der Waals surface area contributed by atoms with Crippen LogP contribution in [0, 0.1) is 11.7 Å². The molecule has 27 heavy (non-hydrogen) atoms. The molecular weight excluding hydrogens is 359 g/mol. The van der Waals surface area contributed by atoms with E-state index in [2.05, 4.69) is 20.6 Å². The second kappa shape index (κ2) is 8.70. The average molecular weight is 379 g/mol. The summed E-state index contributed by atoms with van der Waals surface area (Å²) in [7, 11) is 0. The van der Waals surface area contributed by atoms with Crippen LogP contribution < -0.4 is 15.5 Å². The monoisotopic (exact) mass is 379 g/mol. The first-order valence-corrected chi connectivity index (χ1v) is 8.68. The zero-order chi connectivity index (χ0) is 19.2. The Morgan fingerprint density at radius 3 is 2.67 bits per heavy atom. The number of carbonyl (C=O) groups excluding carboxylic acids is 1. The van der Waals surface area contributed by atoms with Gasteiger partial charge in [0.2, 0.25) is 11.9 Å².